The first-order chi connectivity index (χ1) is 7.03. The first-order valence-corrected chi connectivity index (χ1v) is 6.09. The monoisotopic (exact) mass is 231 g/mol. The molecule has 2 bridgehead atoms. The van der Waals surface area contributed by atoms with Gasteiger partial charge in [0.1, 0.15) is 0 Å². The van der Waals surface area contributed by atoms with Gasteiger partial charge in [-0.15, -0.1) is 11.6 Å². The number of hydrogen-bond donors (Lipinski definition) is 1. The van der Waals surface area contributed by atoms with Crippen LogP contribution in [0.15, 0.2) is 0 Å². The molecule has 0 radical (unpaired) electrons. The second kappa shape index (κ2) is 3.95. The fourth-order valence-corrected chi connectivity index (χ4v) is 2.34. The third-order valence-corrected chi connectivity index (χ3v) is 4.04. The average Bonchev–Trinajstić information content (AvgIpc) is 2.79. The Kier molecular flexibility index (Phi) is 2.95. The number of carbonyl (C=O) groups is 1. The van der Waals surface area contributed by atoms with Crippen LogP contribution in [0.25, 0.3) is 0 Å². The van der Waals surface area contributed by atoms with Gasteiger partial charge in [-0.3, -0.25) is 4.79 Å². The maximum Gasteiger partial charge on any atom is 0.227 e. The van der Waals surface area contributed by atoms with E-state index in [1.165, 1.54) is 0 Å². The highest BCUT2D eigenvalue weighted by atomic mass is 35.5. The van der Waals surface area contributed by atoms with Crippen LogP contribution in [0.2, 0.25) is 0 Å². The van der Waals surface area contributed by atoms with Crippen LogP contribution in [0.4, 0.5) is 0 Å². The lowest BCUT2D eigenvalue weighted by atomic mass is 9.91. The van der Waals surface area contributed by atoms with Crippen molar-refractivity contribution in [3.05, 3.63) is 0 Å². The predicted octanol–water partition coefficient (Wildman–Crippen LogP) is 1.69. The van der Waals surface area contributed by atoms with E-state index < -0.39 is 5.41 Å². The summed E-state index contributed by atoms with van der Waals surface area (Å²) in [5, 5.41) is 3.05. The minimum Gasteiger partial charge on any atom is -0.373 e. The van der Waals surface area contributed by atoms with Gasteiger partial charge in [0.15, 0.2) is 0 Å². The highest BCUT2D eigenvalue weighted by molar-refractivity contribution is 6.19. The van der Waals surface area contributed by atoms with Gasteiger partial charge in [0, 0.05) is 5.88 Å². The number of amides is 1. The van der Waals surface area contributed by atoms with Crippen molar-refractivity contribution in [2.75, 3.05) is 5.88 Å². The Morgan fingerprint density at radius 1 is 1.53 bits per heavy atom. The summed E-state index contributed by atoms with van der Waals surface area (Å²) < 4.78 is 5.68. The van der Waals surface area contributed by atoms with Crippen LogP contribution in [0.3, 0.4) is 0 Å². The Balaban J connectivity index is 1.90. The molecule has 2 aliphatic heterocycles. The number of ether oxygens (including phenoxy) is 1. The molecule has 2 heterocycles. The number of alkyl halides is 1. The number of nitrogens with one attached hydrogen (secondary N) is 1. The zero-order chi connectivity index (χ0) is 11.1. The number of fused-ring (bicyclic) bond motifs is 2. The summed E-state index contributed by atoms with van der Waals surface area (Å²) in [7, 11) is 0. The molecule has 3 unspecified atom stereocenters. The van der Waals surface area contributed by atoms with Crippen molar-refractivity contribution in [2.24, 2.45) is 5.41 Å². The van der Waals surface area contributed by atoms with E-state index in [0.29, 0.717) is 12.0 Å². The average molecular weight is 232 g/mol. The molecule has 2 fully saturated rings. The summed E-state index contributed by atoms with van der Waals surface area (Å²) in [6.07, 6.45) is 3.81. The predicted molar refractivity (Wildman–Crippen MR) is 58.9 cm³/mol. The second-order valence-corrected chi connectivity index (χ2v) is 5.47. The van der Waals surface area contributed by atoms with Crippen LogP contribution in [-0.4, -0.2) is 30.0 Å². The number of carbonyl (C=O) groups excluding carboxylic acids is 1. The molecular formula is C11H18ClNO2. The molecule has 0 aromatic rings. The van der Waals surface area contributed by atoms with Gasteiger partial charge in [-0.1, -0.05) is 0 Å². The highest BCUT2D eigenvalue weighted by Gasteiger charge is 2.42. The smallest absolute Gasteiger partial charge is 0.227 e. The van der Waals surface area contributed by atoms with E-state index in [9.17, 15) is 4.79 Å². The van der Waals surface area contributed by atoms with E-state index >= 15 is 0 Å². The zero-order valence-electron chi connectivity index (χ0n) is 9.25. The summed E-state index contributed by atoms with van der Waals surface area (Å²) in [6.45, 7) is 3.73. The summed E-state index contributed by atoms with van der Waals surface area (Å²) in [5.41, 5.74) is -0.483. The van der Waals surface area contributed by atoms with Crippen molar-refractivity contribution in [3.8, 4) is 0 Å². The SMILES string of the molecule is CC(C)(CCl)C(=O)NC1CC2CCC1O2. The fraction of sp³-hybridized carbons (Fsp3) is 0.909. The minimum atomic E-state index is -0.483. The topological polar surface area (TPSA) is 38.3 Å². The van der Waals surface area contributed by atoms with Crippen LogP contribution < -0.4 is 5.32 Å². The third kappa shape index (κ3) is 2.13. The van der Waals surface area contributed by atoms with Crippen LogP contribution in [0.5, 0.6) is 0 Å². The lowest BCUT2D eigenvalue weighted by Crippen LogP contribution is -2.47. The maximum absolute atomic E-state index is 11.9. The molecule has 0 aliphatic carbocycles. The molecule has 3 atom stereocenters. The van der Waals surface area contributed by atoms with Gasteiger partial charge in [-0.05, 0) is 33.1 Å². The lowest BCUT2D eigenvalue weighted by molar-refractivity contribution is -0.129. The minimum absolute atomic E-state index is 0.0404. The van der Waals surface area contributed by atoms with Gasteiger partial charge >= 0.3 is 0 Å². The molecule has 2 rings (SSSR count). The normalized spacial score (nSPS) is 34.5. The summed E-state index contributed by atoms with van der Waals surface area (Å²) in [6, 6.07) is 0.207. The van der Waals surface area contributed by atoms with E-state index in [2.05, 4.69) is 5.32 Å². The summed E-state index contributed by atoms with van der Waals surface area (Å²) >= 11 is 5.76. The quantitative estimate of drug-likeness (QED) is 0.751. The molecular weight excluding hydrogens is 214 g/mol. The Morgan fingerprint density at radius 3 is 2.73 bits per heavy atom. The Morgan fingerprint density at radius 2 is 2.27 bits per heavy atom. The van der Waals surface area contributed by atoms with Crippen LogP contribution >= 0.6 is 11.6 Å². The van der Waals surface area contributed by atoms with Crippen molar-refractivity contribution >= 4 is 17.5 Å². The van der Waals surface area contributed by atoms with E-state index in [-0.39, 0.29) is 18.1 Å². The van der Waals surface area contributed by atoms with Gasteiger partial charge in [0.2, 0.25) is 5.91 Å². The zero-order valence-corrected chi connectivity index (χ0v) is 10.0. The van der Waals surface area contributed by atoms with Crippen molar-refractivity contribution < 1.29 is 9.53 Å². The van der Waals surface area contributed by atoms with E-state index in [1.54, 1.807) is 0 Å². The standard InChI is InChI=1S/C11H18ClNO2/c1-11(2,6-12)10(14)13-8-5-7-3-4-9(8)15-7/h7-9H,3-6H2,1-2H3,(H,13,14). The molecule has 1 N–H and O–H groups in total. The molecule has 0 aromatic carbocycles. The molecule has 4 heteroatoms. The van der Waals surface area contributed by atoms with E-state index in [4.69, 9.17) is 16.3 Å². The van der Waals surface area contributed by atoms with Crippen molar-refractivity contribution in [1.29, 1.82) is 0 Å². The lowest BCUT2D eigenvalue weighted by Gasteiger charge is -2.26. The first kappa shape index (κ1) is 11.2. The van der Waals surface area contributed by atoms with Gasteiger partial charge in [0.05, 0.1) is 23.7 Å². The Labute approximate surface area is 95.5 Å². The van der Waals surface area contributed by atoms with Crippen molar-refractivity contribution in [2.45, 2.75) is 51.4 Å². The van der Waals surface area contributed by atoms with Gasteiger partial charge < -0.3 is 10.1 Å². The van der Waals surface area contributed by atoms with Crippen LogP contribution in [0.1, 0.15) is 33.1 Å². The number of rotatable bonds is 3. The van der Waals surface area contributed by atoms with Crippen molar-refractivity contribution in [1.82, 2.24) is 5.32 Å². The molecule has 1 amide bonds. The number of halogens is 1. The molecule has 2 aliphatic rings. The third-order valence-electron chi connectivity index (χ3n) is 3.37. The molecule has 0 spiro atoms. The molecule has 0 saturated carbocycles. The van der Waals surface area contributed by atoms with Crippen molar-refractivity contribution in [3.63, 3.8) is 0 Å². The van der Waals surface area contributed by atoms with E-state index in [0.717, 1.165) is 19.3 Å². The Bertz CT molecular complexity index is 267. The van der Waals surface area contributed by atoms with Crippen LogP contribution in [0, 0.1) is 5.41 Å². The molecule has 2 saturated heterocycles. The summed E-state index contributed by atoms with van der Waals surface area (Å²) in [4.78, 5) is 11.9. The van der Waals surface area contributed by atoms with Crippen LogP contribution in [-0.2, 0) is 9.53 Å². The highest BCUT2D eigenvalue weighted by Crippen LogP contribution is 2.34. The molecule has 15 heavy (non-hydrogen) atoms. The maximum atomic E-state index is 11.9. The molecule has 86 valence electrons. The number of hydrogen-bond acceptors (Lipinski definition) is 2. The Hall–Kier alpha value is -0.280. The fourth-order valence-electron chi connectivity index (χ4n) is 2.21. The molecule has 0 aromatic heterocycles. The van der Waals surface area contributed by atoms with Gasteiger partial charge in [0.25, 0.3) is 0 Å². The first-order valence-electron chi connectivity index (χ1n) is 5.55. The second-order valence-electron chi connectivity index (χ2n) is 5.21. The van der Waals surface area contributed by atoms with E-state index in [1.807, 2.05) is 13.8 Å². The summed E-state index contributed by atoms with van der Waals surface area (Å²) in [5.74, 6) is 0.388. The van der Waals surface area contributed by atoms with Gasteiger partial charge in [-0.25, -0.2) is 0 Å². The molecule has 3 nitrogen and oxygen atoms in total. The largest absolute Gasteiger partial charge is 0.373 e. The van der Waals surface area contributed by atoms with Gasteiger partial charge in [-0.2, -0.15) is 0 Å².